The Morgan fingerprint density at radius 2 is 2.13 bits per heavy atom. The third-order valence-electron chi connectivity index (χ3n) is 2.73. The fraction of sp³-hybridized carbons (Fsp3) is 0.909. The van der Waals surface area contributed by atoms with E-state index >= 15 is 0 Å². The Morgan fingerprint density at radius 3 is 2.73 bits per heavy atom. The number of nitrogens with one attached hydrogen (secondary N) is 1. The van der Waals surface area contributed by atoms with E-state index in [0.717, 1.165) is 32.1 Å². The van der Waals surface area contributed by atoms with Crippen molar-refractivity contribution >= 4 is 5.91 Å². The highest BCUT2D eigenvalue weighted by molar-refractivity contribution is 5.77. The van der Waals surface area contributed by atoms with Gasteiger partial charge in [-0.05, 0) is 19.3 Å². The van der Waals surface area contributed by atoms with Crippen LogP contribution in [-0.2, 0) is 9.53 Å². The van der Waals surface area contributed by atoms with E-state index in [4.69, 9.17) is 4.74 Å². The monoisotopic (exact) mass is 215 g/mol. The molecule has 0 aromatic heterocycles. The van der Waals surface area contributed by atoms with Crippen LogP contribution in [0.25, 0.3) is 0 Å². The van der Waals surface area contributed by atoms with Crippen LogP contribution in [0.3, 0.4) is 0 Å². The van der Waals surface area contributed by atoms with Crippen LogP contribution in [0.2, 0.25) is 0 Å². The molecule has 0 saturated heterocycles. The number of carbonyl (C=O) groups is 1. The van der Waals surface area contributed by atoms with Crippen molar-refractivity contribution < 1.29 is 14.6 Å². The quantitative estimate of drug-likeness (QED) is 0.645. The Kier molecular flexibility index (Phi) is 5.05. The zero-order valence-corrected chi connectivity index (χ0v) is 9.42. The Morgan fingerprint density at radius 1 is 1.47 bits per heavy atom. The van der Waals surface area contributed by atoms with Gasteiger partial charge >= 0.3 is 0 Å². The smallest absolute Gasteiger partial charge is 0.246 e. The minimum Gasteiger partial charge on any atom is -0.388 e. The molecule has 0 aliphatic heterocycles. The number of aliphatic hydroxyl groups is 1. The van der Waals surface area contributed by atoms with E-state index in [0.29, 0.717) is 13.2 Å². The molecule has 15 heavy (non-hydrogen) atoms. The molecule has 4 nitrogen and oxygen atoms in total. The molecular weight excluding hydrogens is 194 g/mol. The highest BCUT2D eigenvalue weighted by atomic mass is 16.5. The SMILES string of the molecule is CCCOCC(=O)NCC1(O)CCCC1. The van der Waals surface area contributed by atoms with Crippen molar-refractivity contribution in [1.29, 1.82) is 0 Å². The highest BCUT2D eigenvalue weighted by Gasteiger charge is 2.31. The molecule has 0 aromatic rings. The van der Waals surface area contributed by atoms with Gasteiger partial charge in [0.2, 0.25) is 5.91 Å². The zero-order valence-electron chi connectivity index (χ0n) is 9.42. The van der Waals surface area contributed by atoms with Crippen molar-refractivity contribution in [1.82, 2.24) is 5.32 Å². The molecular formula is C11H21NO3. The summed E-state index contributed by atoms with van der Waals surface area (Å²) in [7, 11) is 0. The van der Waals surface area contributed by atoms with Crippen LogP contribution in [0.5, 0.6) is 0 Å². The van der Waals surface area contributed by atoms with Crippen LogP contribution in [-0.4, -0.2) is 36.4 Å². The first kappa shape index (κ1) is 12.5. The normalized spacial score (nSPS) is 19.1. The van der Waals surface area contributed by atoms with E-state index in [9.17, 15) is 9.90 Å². The second kappa shape index (κ2) is 6.08. The van der Waals surface area contributed by atoms with Gasteiger partial charge in [-0.3, -0.25) is 4.79 Å². The largest absolute Gasteiger partial charge is 0.388 e. The summed E-state index contributed by atoms with van der Waals surface area (Å²) in [5.74, 6) is -0.135. The number of ether oxygens (including phenoxy) is 1. The second-order valence-electron chi connectivity index (χ2n) is 4.26. The maximum atomic E-state index is 11.3. The van der Waals surface area contributed by atoms with Crippen molar-refractivity contribution in [3.63, 3.8) is 0 Å². The summed E-state index contributed by atoms with van der Waals surface area (Å²) in [5, 5.41) is 12.7. The van der Waals surface area contributed by atoms with Gasteiger partial charge in [-0.2, -0.15) is 0 Å². The Balaban J connectivity index is 2.10. The van der Waals surface area contributed by atoms with Crippen molar-refractivity contribution in [3.05, 3.63) is 0 Å². The van der Waals surface area contributed by atoms with E-state index in [1.54, 1.807) is 0 Å². The van der Waals surface area contributed by atoms with Gasteiger partial charge in [0.1, 0.15) is 6.61 Å². The van der Waals surface area contributed by atoms with Crippen LogP contribution in [0.4, 0.5) is 0 Å². The summed E-state index contributed by atoms with van der Waals surface area (Å²) >= 11 is 0. The minimum atomic E-state index is -0.666. The fourth-order valence-corrected chi connectivity index (χ4v) is 1.83. The van der Waals surface area contributed by atoms with Crippen LogP contribution in [0.15, 0.2) is 0 Å². The van der Waals surface area contributed by atoms with E-state index in [1.807, 2.05) is 6.92 Å². The molecule has 0 spiro atoms. The Hall–Kier alpha value is -0.610. The van der Waals surface area contributed by atoms with Crippen molar-refractivity contribution in [2.45, 2.75) is 44.6 Å². The molecule has 2 N–H and O–H groups in total. The number of hydrogen-bond donors (Lipinski definition) is 2. The van der Waals surface area contributed by atoms with Crippen LogP contribution >= 0.6 is 0 Å². The Bertz CT molecular complexity index is 200. The van der Waals surface area contributed by atoms with E-state index in [2.05, 4.69) is 5.32 Å². The lowest BCUT2D eigenvalue weighted by atomic mass is 10.0. The minimum absolute atomic E-state index is 0.101. The molecule has 1 rings (SSSR count). The summed E-state index contributed by atoms with van der Waals surface area (Å²) in [5.41, 5.74) is -0.666. The van der Waals surface area contributed by atoms with Gasteiger partial charge in [-0.15, -0.1) is 0 Å². The third kappa shape index (κ3) is 4.62. The molecule has 1 fully saturated rings. The average molecular weight is 215 g/mol. The Labute approximate surface area is 91.0 Å². The van der Waals surface area contributed by atoms with Crippen LogP contribution in [0, 0.1) is 0 Å². The summed E-state index contributed by atoms with van der Waals surface area (Å²) in [6.45, 7) is 3.07. The number of amides is 1. The van der Waals surface area contributed by atoms with Crippen molar-refractivity contribution in [3.8, 4) is 0 Å². The summed E-state index contributed by atoms with van der Waals surface area (Å²) in [4.78, 5) is 11.3. The molecule has 0 aromatic carbocycles. The number of hydrogen-bond acceptors (Lipinski definition) is 3. The van der Waals surface area contributed by atoms with E-state index < -0.39 is 5.60 Å². The van der Waals surface area contributed by atoms with Gasteiger partial charge in [0.25, 0.3) is 0 Å². The fourth-order valence-electron chi connectivity index (χ4n) is 1.83. The average Bonchev–Trinajstić information content (AvgIpc) is 2.64. The number of carbonyl (C=O) groups excluding carboxylic acids is 1. The maximum absolute atomic E-state index is 11.3. The molecule has 1 saturated carbocycles. The molecule has 0 atom stereocenters. The van der Waals surface area contributed by atoms with Gasteiger partial charge in [-0.1, -0.05) is 19.8 Å². The third-order valence-corrected chi connectivity index (χ3v) is 2.73. The van der Waals surface area contributed by atoms with E-state index in [-0.39, 0.29) is 12.5 Å². The molecule has 0 heterocycles. The summed E-state index contributed by atoms with van der Waals surface area (Å²) < 4.78 is 5.10. The van der Waals surface area contributed by atoms with Crippen molar-refractivity contribution in [2.75, 3.05) is 19.8 Å². The molecule has 0 bridgehead atoms. The second-order valence-corrected chi connectivity index (χ2v) is 4.26. The first-order valence-electron chi connectivity index (χ1n) is 5.73. The van der Waals surface area contributed by atoms with Gasteiger partial charge in [0.15, 0.2) is 0 Å². The zero-order chi connectivity index (χ0) is 11.1. The molecule has 1 aliphatic rings. The molecule has 1 amide bonds. The summed E-state index contributed by atoms with van der Waals surface area (Å²) in [6.07, 6.45) is 4.61. The predicted molar refractivity (Wildman–Crippen MR) is 57.5 cm³/mol. The maximum Gasteiger partial charge on any atom is 0.246 e. The molecule has 0 unspecified atom stereocenters. The van der Waals surface area contributed by atoms with E-state index in [1.165, 1.54) is 0 Å². The highest BCUT2D eigenvalue weighted by Crippen LogP contribution is 2.28. The van der Waals surface area contributed by atoms with Gasteiger partial charge in [0.05, 0.1) is 5.60 Å². The number of rotatable bonds is 6. The standard InChI is InChI=1S/C11H21NO3/c1-2-7-15-8-10(13)12-9-11(14)5-3-4-6-11/h14H,2-9H2,1H3,(H,12,13). The van der Waals surface area contributed by atoms with Crippen LogP contribution < -0.4 is 5.32 Å². The molecule has 4 heteroatoms. The first-order chi connectivity index (χ1) is 7.16. The van der Waals surface area contributed by atoms with Crippen molar-refractivity contribution in [2.24, 2.45) is 0 Å². The predicted octanol–water partition coefficient (Wildman–Crippen LogP) is 0.834. The molecule has 88 valence electrons. The lowest BCUT2D eigenvalue weighted by Gasteiger charge is -2.22. The molecule has 0 radical (unpaired) electrons. The molecule has 1 aliphatic carbocycles. The van der Waals surface area contributed by atoms with Gasteiger partial charge < -0.3 is 15.2 Å². The van der Waals surface area contributed by atoms with Crippen LogP contribution in [0.1, 0.15) is 39.0 Å². The van der Waals surface area contributed by atoms with Gasteiger partial charge in [0, 0.05) is 13.2 Å². The van der Waals surface area contributed by atoms with Gasteiger partial charge in [-0.25, -0.2) is 0 Å². The topological polar surface area (TPSA) is 58.6 Å². The lowest BCUT2D eigenvalue weighted by molar-refractivity contribution is -0.126. The summed E-state index contributed by atoms with van der Waals surface area (Å²) in [6, 6.07) is 0. The lowest BCUT2D eigenvalue weighted by Crippen LogP contribution is -2.42. The first-order valence-corrected chi connectivity index (χ1v) is 5.73.